The number of rotatable bonds is 1. The van der Waals surface area contributed by atoms with Crippen molar-refractivity contribution in [2.24, 2.45) is 23.7 Å². The maximum Gasteiger partial charge on any atom is 0.142 e. The lowest BCUT2D eigenvalue weighted by Crippen LogP contribution is -2.37. The number of Topliss-reactive ketones (excluding diaryl/α,β-unsaturated/α-hetero) is 1. The Morgan fingerprint density at radius 3 is 2.83 bits per heavy atom. The van der Waals surface area contributed by atoms with Crippen LogP contribution in [0.2, 0.25) is 0 Å². The highest BCUT2D eigenvalue weighted by Crippen LogP contribution is 2.41. The quantitative estimate of drug-likeness (QED) is 0.590. The molecular weight excluding hydrogens is 152 g/mol. The van der Waals surface area contributed by atoms with E-state index in [1.54, 1.807) is 0 Å². The van der Waals surface area contributed by atoms with Crippen LogP contribution < -0.4 is 0 Å². The largest absolute Gasteiger partial charge is 0.396 e. The number of allylic oxidation sites excluding steroid dienone is 2. The van der Waals surface area contributed by atoms with Crippen LogP contribution >= 0.6 is 0 Å². The van der Waals surface area contributed by atoms with Crippen molar-refractivity contribution in [2.75, 3.05) is 6.61 Å². The smallest absolute Gasteiger partial charge is 0.142 e. The van der Waals surface area contributed by atoms with Gasteiger partial charge in [-0.3, -0.25) is 4.79 Å². The first-order valence-electron chi connectivity index (χ1n) is 4.57. The first-order chi connectivity index (χ1) is 5.74. The Labute approximate surface area is 72.3 Å². The summed E-state index contributed by atoms with van der Waals surface area (Å²) in [5, 5.41) is 9.04. The first-order valence-corrected chi connectivity index (χ1v) is 4.57. The Hall–Kier alpha value is -0.630. The highest BCUT2D eigenvalue weighted by Gasteiger charge is 2.42. The van der Waals surface area contributed by atoms with Crippen molar-refractivity contribution in [1.82, 2.24) is 0 Å². The third-order valence-electron chi connectivity index (χ3n) is 3.32. The number of carbonyl (C=O) groups excluding carboxylic acids is 1. The van der Waals surface area contributed by atoms with Crippen molar-refractivity contribution in [3.05, 3.63) is 12.2 Å². The van der Waals surface area contributed by atoms with Gasteiger partial charge in [0.05, 0.1) is 6.61 Å². The van der Waals surface area contributed by atoms with Gasteiger partial charge in [-0.1, -0.05) is 19.1 Å². The SMILES string of the molecule is C[C@@H]1C(=O)[C@H](CO)[C@@H]2C=C[C@H]1C2. The minimum atomic E-state index is -0.116. The lowest BCUT2D eigenvalue weighted by atomic mass is 9.73. The molecule has 0 unspecified atom stereocenters. The maximum atomic E-state index is 11.6. The van der Waals surface area contributed by atoms with Gasteiger partial charge in [-0.15, -0.1) is 0 Å². The molecule has 0 saturated heterocycles. The third kappa shape index (κ3) is 0.944. The Morgan fingerprint density at radius 1 is 1.50 bits per heavy atom. The summed E-state index contributed by atoms with van der Waals surface area (Å²) in [6, 6.07) is 0. The van der Waals surface area contributed by atoms with Crippen molar-refractivity contribution in [3.63, 3.8) is 0 Å². The molecule has 2 aliphatic carbocycles. The van der Waals surface area contributed by atoms with Crippen molar-refractivity contribution >= 4 is 5.78 Å². The lowest BCUT2D eigenvalue weighted by Gasteiger charge is -2.30. The number of carbonyl (C=O) groups is 1. The number of ketones is 1. The van der Waals surface area contributed by atoms with Crippen molar-refractivity contribution < 1.29 is 9.90 Å². The van der Waals surface area contributed by atoms with Crippen LogP contribution in [0.15, 0.2) is 12.2 Å². The van der Waals surface area contributed by atoms with Gasteiger partial charge in [0.25, 0.3) is 0 Å². The molecule has 0 spiro atoms. The molecule has 1 fully saturated rings. The summed E-state index contributed by atoms with van der Waals surface area (Å²) in [5.74, 6) is 1.03. The molecule has 1 saturated carbocycles. The van der Waals surface area contributed by atoms with Crippen LogP contribution in [0.3, 0.4) is 0 Å². The monoisotopic (exact) mass is 166 g/mol. The van der Waals surface area contributed by atoms with Crippen molar-refractivity contribution in [2.45, 2.75) is 13.3 Å². The van der Waals surface area contributed by atoms with Crippen LogP contribution in [0, 0.1) is 23.7 Å². The molecule has 0 heterocycles. The molecule has 4 atom stereocenters. The molecule has 0 radical (unpaired) electrons. The molecule has 12 heavy (non-hydrogen) atoms. The van der Waals surface area contributed by atoms with E-state index in [1.807, 2.05) is 6.92 Å². The summed E-state index contributed by atoms with van der Waals surface area (Å²) >= 11 is 0. The van der Waals surface area contributed by atoms with Gasteiger partial charge in [-0.2, -0.15) is 0 Å². The van der Waals surface area contributed by atoms with Gasteiger partial charge >= 0.3 is 0 Å². The first kappa shape index (κ1) is 7.99. The van der Waals surface area contributed by atoms with Crippen LogP contribution in [-0.2, 0) is 4.79 Å². The van der Waals surface area contributed by atoms with E-state index >= 15 is 0 Å². The fourth-order valence-electron chi connectivity index (χ4n) is 2.41. The zero-order chi connectivity index (χ0) is 8.72. The van der Waals surface area contributed by atoms with E-state index in [1.165, 1.54) is 0 Å². The summed E-state index contributed by atoms with van der Waals surface area (Å²) in [6.45, 7) is 1.99. The van der Waals surface area contributed by atoms with E-state index < -0.39 is 0 Å². The maximum absolute atomic E-state index is 11.6. The van der Waals surface area contributed by atoms with Gasteiger partial charge < -0.3 is 5.11 Å². The summed E-state index contributed by atoms with van der Waals surface area (Å²) in [6.07, 6.45) is 5.31. The standard InChI is InChI=1S/C10H14O2/c1-6-7-2-3-8(4-7)9(5-11)10(6)12/h2-3,6-9,11H,4-5H2,1H3/t6-,7-,8+,9+/m0/s1. The molecule has 0 aromatic rings. The highest BCUT2D eigenvalue weighted by atomic mass is 16.3. The Morgan fingerprint density at radius 2 is 2.17 bits per heavy atom. The Bertz CT molecular complexity index is 232. The zero-order valence-corrected chi connectivity index (χ0v) is 7.23. The van der Waals surface area contributed by atoms with Crippen LogP contribution in [0.5, 0.6) is 0 Å². The lowest BCUT2D eigenvalue weighted by molar-refractivity contribution is -0.132. The van der Waals surface area contributed by atoms with E-state index in [9.17, 15) is 4.79 Å². The number of fused-ring (bicyclic) bond motifs is 2. The van der Waals surface area contributed by atoms with Gasteiger partial charge in [0.1, 0.15) is 5.78 Å². The van der Waals surface area contributed by atoms with Crippen LogP contribution in [-0.4, -0.2) is 17.5 Å². The summed E-state index contributed by atoms with van der Waals surface area (Å²) in [5.41, 5.74) is 0. The van der Waals surface area contributed by atoms with E-state index in [0.717, 1.165) is 6.42 Å². The zero-order valence-electron chi connectivity index (χ0n) is 7.23. The fraction of sp³-hybridized carbons (Fsp3) is 0.700. The second-order valence-electron chi connectivity index (χ2n) is 3.93. The third-order valence-corrected chi connectivity index (χ3v) is 3.32. The topological polar surface area (TPSA) is 37.3 Å². The average Bonchev–Trinajstić information content (AvgIpc) is 2.49. The molecule has 0 aromatic carbocycles. The molecule has 0 aromatic heterocycles. The molecule has 0 amide bonds. The van der Waals surface area contributed by atoms with Gasteiger partial charge in [0.15, 0.2) is 0 Å². The predicted molar refractivity (Wildman–Crippen MR) is 45.5 cm³/mol. The molecule has 2 rings (SSSR count). The van der Waals surface area contributed by atoms with Gasteiger partial charge in [0.2, 0.25) is 0 Å². The average molecular weight is 166 g/mol. The van der Waals surface area contributed by atoms with Crippen molar-refractivity contribution in [1.29, 1.82) is 0 Å². The van der Waals surface area contributed by atoms with E-state index in [4.69, 9.17) is 5.11 Å². The highest BCUT2D eigenvalue weighted by molar-refractivity contribution is 5.85. The minimum Gasteiger partial charge on any atom is -0.396 e. The van der Waals surface area contributed by atoms with Gasteiger partial charge in [0, 0.05) is 11.8 Å². The second kappa shape index (κ2) is 2.70. The summed E-state index contributed by atoms with van der Waals surface area (Å²) in [7, 11) is 0. The predicted octanol–water partition coefficient (Wildman–Crippen LogP) is 1.01. The number of hydrogen-bond donors (Lipinski definition) is 1. The van der Waals surface area contributed by atoms with Crippen LogP contribution in [0.4, 0.5) is 0 Å². The number of aliphatic hydroxyl groups excluding tert-OH is 1. The Balaban J connectivity index is 2.25. The normalized spacial score (nSPS) is 45.3. The molecule has 66 valence electrons. The van der Waals surface area contributed by atoms with E-state index in [-0.39, 0.29) is 24.2 Å². The number of hydrogen-bond acceptors (Lipinski definition) is 2. The molecule has 1 N–H and O–H groups in total. The molecular formula is C10H14O2. The van der Waals surface area contributed by atoms with E-state index in [2.05, 4.69) is 12.2 Å². The van der Waals surface area contributed by atoms with Crippen LogP contribution in [0.1, 0.15) is 13.3 Å². The summed E-state index contributed by atoms with van der Waals surface area (Å²) in [4.78, 5) is 11.6. The summed E-state index contributed by atoms with van der Waals surface area (Å²) < 4.78 is 0. The molecule has 0 aliphatic heterocycles. The minimum absolute atomic E-state index is 0.0188. The van der Waals surface area contributed by atoms with Crippen molar-refractivity contribution in [3.8, 4) is 0 Å². The molecule has 2 heteroatoms. The second-order valence-corrected chi connectivity index (χ2v) is 3.93. The van der Waals surface area contributed by atoms with Gasteiger partial charge in [-0.05, 0) is 18.3 Å². The fourth-order valence-corrected chi connectivity index (χ4v) is 2.41. The van der Waals surface area contributed by atoms with Gasteiger partial charge in [-0.25, -0.2) is 0 Å². The molecule has 2 aliphatic rings. The number of aliphatic hydroxyl groups is 1. The Kier molecular flexibility index (Phi) is 1.80. The van der Waals surface area contributed by atoms with E-state index in [0.29, 0.717) is 11.8 Å². The molecule has 2 nitrogen and oxygen atoms in total. The van der Waals surface area contributed by atoms with Crippen LogP contribution in [0.25, 0.3) is 0 Å². The molecule has 2 bridgehead atoms.